The minimum Gasteiger partial charge on any atom is -0.489 e. The van der Waals surface area contributed by atoms with Gasteiger partial charge in [0.2, 0.25) is 0 Å². The molecule has 2 aliphatic rings. The molecule has 0 radical (unpaired) electrons. The standard InChI is InChI=1S/C26H31N3O2/c1-15-11-19(9-7-18(15)13-27)31-24-25(3,4)21(26(24,5)6)12-17-8-10-20-22(23(17)30)28-14-16(2)29-20/h7,9,11,14,17,21,24H,8,10,12H2,1-6H3. The molecule has 5 heteroatoms. The van der Waals surface area contributed by atoms with Crippen molar-refractivity contribution in [1.29, 1.82) is 5.26 Å². The number of carbonyl (C=O) groups is 1. The first-order valence-corrected chi connectivity index (χ1v) is 11.1. The lowest BCUT2D eigenvalue weighted by molar-refractivity contribution is -0.203. The Morgan fingerprint density at radius 3 is 2.55 bits per heavy atom. The van der Waals surface area contributed by atoms with E-state index in [1.807, 2.05) is 32.0 Å². The molecule has 2 aromatic rings. The van der Waals surface area contributed by atoms with E-state index in [-0.39, 0.29) is 28.6 Å². The number of hydrogen-bond acceptors (Lipinski definition) is 5. The molecule has 0 spiro atoms. The molecule has 1 heterocycles. The lowest BCUT2D eigenvalue weighted by Crippen LogP contribution is -2.66. The van der Waals surface area contributed by atoms with Gasteiger partial charge < -0.3 is 4.74 Å². The summed E-state index contributed by atoms with van der Waals surface area (Å²) in [5, 5.41) is 9.17. The molecule has 31 heavy (non-hydrogen) atoms. The van der Waals surface area contributed by atoms with Gasteiger partial charge in [-0.3, -0.25) is 9.78 Å². The van der Waals surface area contributed by atoms with Gasteiger partial charge in [0.1, 0.15) is 17.5 Å². The molecule has 0 aliphatic heterocycles. The van der Waals surface area contributed by atoms with Crippen LogP contribution in [0.15, 0.2) is 24.4 Å². The van der Waals surface area contributed by atoms with Crippen molar-refractivity contribution in [3.8, 4) is 11.8 Å². The van der Waals surface area contributed by atoms with Gasteiger partial charge >= 0.3 is 0 Å². The second kappa shape index (κ2) is 7.44. The molecule has 1 aromatic heterocycles. The second-order valence-corrected chi connectivity index (χ2v) is 10.4. The number of rotatable bonds is 4. The summed E-state index contributed by atoms with van der Waals surface area (Å²) in [5.41, 5.74) is 3.75. The van der Waals surface area contributed by atoms with Crippen LogP contribution >= 0.6 is 0 Å². The van der Waals surface area contributed by atoms with E-state index in [4.69, 9.17) is 4.74 Å². The molecule has 0 saturated heterocycles. The Labute approximate surface area is 184 Å². The van der Waals surface area contributed by atoms with E-state index in [0.29, 0.717) is 17.2 Å². The summed E-state index contributed by atoms with van der Waals surface area (Å²) in [4.78, 5) is 22.1. The average Bonchev–Trinajstić information content (AvgIpc) is 2.71. The normalized spacial score (nSPS) is 25.8. The molecular weight excluding hydrogens is 386 g/mol. The second-order valence-electron chi connectivity index (χ2n) is 10.4. The minimum absolute atomic E-state index is 0.00818. The largest absolute Gasteiger partial charge is 0.489 e. The van der Waals surface area contributed by atoms with Crippen LogP contribution in [0.2, 0.25) is 0 Å². The van der Waals surface area contributed by atoms with E-state index in [0.717, 1.165) is 42.0 Å². The molecule has 0 amide bonds. The molecule has 0 bridgehead atoms. The Hall–Kier alpha value is -2.74. The van der Waals surface area contributed by atoms with Gasteiger partial charge in [0.25, 0.3) is 0 Å². The third kappa shape index (κ3) is 3.52. The van der Waals surface area contributed by atoms with Gasteiger partial charge in [0, 0.05) is 22.9 Å². The summed E-state index contributed by atoms with van der Waals surface area (Å²) in [6.45, 7) is 12.8. The third-order valence-electron chi connectivity index (χ3n) is 7.54. The highest BCUT2D eigenvalue weighted by Crippen LogP contribution is 2.62. The molecule has 1 unspecified atom stereocenters. The maximum atomic E-state index is 13.1. The van der Waals surface area contributed by atoms with Crippen LogP contribution in [0.25, 0.3) is 0 Å². The number of aryl methyl sites for hydroxylation is 3. The van der Waals surface area contributed by atoms with E-state index in [1.165, 1.54) is 0 Å². The van der Waals surface area contributed by atoms with Gasteiger partial charge in [0.15, 0.2) is 5.78 Å². The van der Waals surface area contributed by atoms with Crippen molar-refractivity contribution in [3.63, 3.8) is 0 Å². The Morgan fingerprint density at radius 2 is 1.90 bits per heavy atom. The van der Waals surface area contributed by atoms with Gasteiger partial charge in [-0.1, -0.05) is 27.7 Å². The lowest BCUT2D eigenvalue weighted by atomic mass is 9.44. The van der Waals surface area contributed by atoms with E-state index in [1.54, 1.807) is 6.20 Å². The zero-order valence-corrected chi connectivity index (χ0v) is 19.3. The fraction of sp³-hybridized carbons (Fsp3) is 0.538. The number of benzene rings is 1. The highest BCUT2D eigenvalue weighted by Gasteiger charge is 2.63. The first-order chi connectivity index (χ1) is 14.6. The highest BCUT2D eigenvalue weighted by molar-refractivity contribution is 5.98. The van der Waals surface area contributed by atoms with Crippen LogP contribution in [0.1, 0.15) is 73.5 Å². The number of nitrogens with zero attached hydrogens (tertiary/aromatic N) is 3. The smallest absolute Gasteiger partial charge is 0.186 e. The Balaban J connectivity index is 1.51. The molecule has 0 N–H and O–H groups in total. The summed E-state index contributed by atoms with van der Waals surface area (Å²) in [7, 11) is 0. The van der Waals surface area contributed by atoms with E-state index < -0.39 is 0 Å². The summed E-state index contributed by atoms with van der Waals surface area (Å²) in [6.07, 6.45) is 4.23. The van der Waals surface area contributed by atoms with E-state index in [9.17, 15) is 10.1 Å². The molecule has 1 saturated carbocycles. The van der Waals surface area contributed by atoms with Gasteiger partial charge in [-0.25, -0.2) is 4.98 Å². The molecule has 162 valence electrons. The Morgan fingerprint density at radius 1 is 1.19 bits per heavy atom. The maximum absolute atomic E-state index is 13.1. The highest BCUT2D eigenvalue weighted by atomic mass is 16.5. The average molecular weight is 418 g/mol. The van der Waals surface area contributed by atoms with Crippen LogP contribution in [0.3, 0.4) is 0 Å². The van der Waals surface area contributed by atoms with Crippen LogP contribution in [0.4, 0.5) is 0 Å². The van der Waals surface area contributed by atoms with Crippen molar-refractivity contribution >= 4 is 5.78 Å². The number of nitriles is 1. The van der Waals surface area contributed by atoms with Crippen molar-refractivity contribution in [1.82, 2.24) is 9.97 Å². The van der Waals surface area contributed by atoms with Crippen molar-refractivity contribution in [2.45, 2.75) is 66.9 Å². The molecule has 5 nitrogen and oxygen atoms in total. The zero-order valence-electron chi connectivity index (χ0n) is 19.3. The quantitative estimate of drug-likeness (QED) is 0.681. The SMILES string of the molecule is Cc1cnc2c(n1)CCC(CC1C(C)(C)C(Oc3ccc(C#N)c(C)c3)C1(C)C)C2=O. The van der Waals surface area contributed by atoms with Crippen molar-refractivity contribution < 1.29 is 9.53 Å². The predicted octanol–water partition coefficient (Wildman–Crippen LogP) is 5.23. The first-order valence-electron chi connectivity index (χ1n) is 11.1. The van der Waals surface area contributed by atoms with Crippen LogP contribution in [0.5, 0.6) is 5.75 Å². The number of ether oxygens (including phenoxy) is 1. The number of hydrogen-bond donors (Lipinski definition) is 0. The summed E-state index contributed by atoms with van der Waals surface area (Å²) < 4.78 is 6.46. The molecule has 1 atom stereocenters. The molecular formula is C26H31N3O2. The monoisotopic (exact) mass is 417 g/mol. The van der Waals surface area contributed by atoms with Gasteiger partial charge in [-0.05, 0) is 62.8 Å². The van der Waals surface area contributed by atoms with Crippen LogP contribution in [-0.2, 0) is 6.42 Å². The van der Waals surface area contributed by atoms with Crippen LogP contribution in [0, 0.1) is 47.8 Å². The fourth-order valence-corrected chi connectivity index (χ4v) is 6.12. The number of aromatic nitrogens is 2. The van der Waals surface area contributed by atoms with Crippen molar-refractivity contribution in [2.24, 2.45) is 22.7 Å². The molecule has 4 rings (SSSR count). The van der Waals surface area contributed by atoms with Gasteiger partial charge in [-0.2, -0.15) is 5.26 Å². The van der Waals surface area contributed by atoms with Crippen molar-refractivity contribution in [3.05, 3.63) is 52.6 Å². The lowest BCUT2D eigenvalue weighted by Gasteiger charge is -2.64. The summed E-state index contributed by atoms with van der Waals surface area (Å²) >= 11 is 0. The summed E-state index contributed by atoms with van der Waals surface area (Å²) in [6, 6.07) is 7.85. The van der Waals surface area contributed by atoms with Gasteiger partial charge in [0.05, 0.1) is 23.0 Å². The Kier molecular flexibility index (Phi) is 5.16. The van der Waals surface area contributed by atoms with Crippen LogP contribution < -0.4 is 4.74 Å². The number of fused-ring (bicyclic) bond motifs is 1. The minimum atomic E-state index is -0.0647. The molecule has 1 fully saturated rings. The maximum Gasteiger partial charge on any atom is 0.186 e. The zero-order chi connectivity index (χ0) is 22.6. The molecule has 2 aliphatic carbocycles. The number of ketones is 1. The first kappa shape index (κ1) is 21.5. The van der Waals surface area contributed by atoms with Crippen molar-refractivity contribution in [2.75, 3.05) is 0 Å². The number of Topliss-reactive ketones (excluding diaryl/α,β-unsaturated/α-hetero) is 1. The molecule has 1 aromatic carbocycles. The summed E-state index contributed by atoms with van der Waals surface area (Å²) in [5.74, 6) is 1.30. The Bertz CT molecular complexity index is 1060. The predicted molar refractivity (Wildman–Crippen MR) is 119 cm³/mol. The van der Waals surface area contributed by atoms with E-state index in [2.05, 4.69) is 43.7 Å². The van der Waals surface area contributed by atoms with Crippen LogP contribution in [-0.4, -0.2) is 21.9 Å². The number of carbonyl (C=O) groups excluding carboxylic acids is 1. The topological polar surface area (TPSA) is 75.9 Å². The van der Waals surface area contributed by atoms with E-state index >= 15 is 0 Å². The third-order valence-corrected chi connectivity index (χ3v) is 7.54. The fourth-order valence-electron chi connectivity index (χ4n) is 6.12. The van der Waals surface area contributed by atoms with Gasteiger partial charge in [-0.15, -0.1) is 0 Å².